The van der Waals surface area contributed by atoms with Crippen molar-refractivity contribution in [2.45, 2.75) is 37.3 Å². The largest absolute Gasteiger partial charge is 0.504 e. The molecule has 3 heterocycles. The second-order valence-corrected chi connectivity index (χ2v) is 16.6. The number of aromatic hydroxyl groups is 1. The number of benzene rings is 3. The summed E-state index contributed by atoms with van der Waals surface area (Å²) in [4.78, 5) is 88.2. The standard InChI is InChI=1S/C42H34Cl2F3N7O10/c1-4-64-31-7-5-6-25(35(31)55)33-23-12-13-24-32(39(58)51(37(24)56)22-15-29(53(60)61)34(50(2)3)30(16-22)54(62)63)26(23)17-27-38(57)52(40(59)41(27,33)19-8-10-21(43)11-9-19)49-36-28(44)14-20(18-48-36)42(45,46)47/h5-12,14-16,18,24,26-27,32-33,55H,4,13,17H2,1-3H3,(H,48,49)/t24-,26+,27-,32-,33+,41+/m0/s1. The Kier molecular flexibility index (Phi) is 10.8. The maximum Gasteiger partial charge on any atom is 0.417 e. The minimum Gasteiger partial charge on any atom is -0.504 e. The monoisotopic (exact) mass is 923 g/mol. The Bertz CT molecular complexity index is 2700. The number of halogens is 5. The van der Waals surface area contributed by atoms with E-state index in [9.17, 15) is 48.1 Å². The normalized spacial score (nSPS) is 23.9. The van der Waals surface area contributed by atoms with Crippen molar-refractivity contribution >= 4 is 75.4 Å². The number of amides is 4. The number of para-hydroxylation sites is 1. The number of nitrogens with zero attached hydrogens (tertiary/aromatic N) is 6. The highest BCUT2D eigenvalue weighted by molar-refractivity contribution is 6.33. The van der Waals surface area contributed by atoms with E-state index in [1.165, 1.54) is 50.5 Å². The number of phenolic OH excluding ortho intramolecular Hbond substituents is 1. The third-order valence-electron chi connectivity index (χ3n) is 12.4. The summed E-state index contributed by atoms with van der Waals surface area (Å²) >= 11 is 12.6. The van der Waals surface area contributed by atoms with Crippen molar-refractivity contribution < 1.29 is 52.0 Å². The summed E-state index contributed by atoms with van der Waals surface area (Å²) in [5.74, 6) is -10.7. The molecule has 3 fully saturated rings. The van der Waals surface area contributed by atoms with Gasteiger partial charge in [0.25, 0.3) is 11.8 Å². The van der Waals surface area contributed by atoms with Gasteiger partial charge in [-0.15, -0.1) is 0 Å². The zero-order chi connectivity index (χ0) is 46.3. The molecule has 1 aromatic heterocycles. The lowest BCUT2D eigenvalue weighted by atomic mass is 9.49. The molecule has 4 amide bonds. The fourth-order valence-corrected chi connectivity index (χ4v) is 10.2. The van der Waals surface area contributed by atoms with Gasteiger partial charge in [-0.1, -0.05) is 59.1 Å². The number of nitro benzene ring substituents is 2. The van der Waals surface area contributed by atoms with Crippen LogP contribution in [0.25, 0.3) is 0 Å². The van der Waals surface area contributed by atoms with Crippen molar-refractivity contribution in [2.75, 3.05) is 35.9 Å². The number of fused-ring (bicyclic) bond motifs is 4. The highest BCUT2D eigenvalue weighted by Gasteiger charge is 2.71. The van der Waals surface area contributed by atoms with Crippen LogP contribution in [0.15, 0.2) is 78.5 Å². The van der Waals surface area contributed by atoms with Crippen LogP contribution in [-0.2, 0) is 30.8 Å². The zero-order valence-electron chi connectivity index (χ0n) is 33.6. The molecule has 64 heavy (non-hydrogen) atoms. The van der Waals surface area contributed by atoms with E-state index >= 15 is 9.59 Å². The molecule has 6 atom stereocenters. The molecular weight excluding hydrogens is 890 g/mol. The number of aromatic nitrogens is 1. The van der Waals surface area contributed by atoms with Gasteiger partial charge in [-0.05, 0) is 55.5 Å². The van der Waals surface area contributed by atoms with E-state index in [2.05, 4.69) is 10.4 Å². The predicted molar refractivity (Wildman–Crippen MR) is 223 cm³/mol. The number of imide groups is 2. The number of hydrogen-bond acceptors (Lipinski definition) is 13. The number of anilines is 3. The van der Waals surface area contributed by atoms with Crippen LogP contribution in [0.3, 0.4) is 0 Å². The van der Waals surface area contributed by atoms with Crippen LogP contribution in [0.4, 0.5) is 41.7 Å². The molecule has 2 saturated heterocycles. The summed E-state index contributed by atoms with van der Waals surface area (Å²) in [6.07, 6.45) is -3.16. The van der Waals surface area contributed by atoms with Crippen molar-refractivity contribution in [1.82, 2.24) is 9.99 Å². The fraction of sp³-hybridized carbons (Fsp3) is 0.310. The van der Waals surface area contributed by atoms with Crippen molar-refractivity contribution in [3.63, 3.8) is 0 Å². The highest BCUT2D eigenvalue weighted by Crippen LogP contribution is 2.65. The number of phenols is 1. The first-order chi connectivity index (χ1) is 30.2. The predicted octanol–water partition coefficient (Wildman–Crippen LogP) is 7.58. The average molecular weight is 925 g/mol. The zero-order valence-corrected chi connectivity index (χ0v) is 35.1. The molecule has 0 radical (unpaired) electrons. The van der Waals surface area contributed by atoms with Crippen molar-refractivity contribution in [3.8, 4) is 11.5 Å². The van der Waals surface area contributed by atoms with Gasteiger partial charge in [-0.2, -0.15) is 18.2 Å². The first kappa shape index (κ1) is 43.8. The molecule has 2 N–H and O–H groups in total. The number of hydrazine groups is 1. The van der Waals surface area contributed by atoms with Crippen molar-refractivity contribution in [2.24, 2.45) is 23.7 Å². The van der Waals surface area contributed by atoms with E-state index in [-0.39, 0.29) is 47.0 Å². The Balaban J connectivity index is 1.32. The van der Waals surface area contributed by atoms with Gasteiger partial charge in [0, 0.05) is 48.9 Å². The number of carbonyl (C=O) groups is 4. The second kappa shape index (κ2) is 15.8. The van der Waals surface area contributed by atoms with E-state index < -0.39 is 114 Å². The average Bonchev–Trinajstić information content (AvgIpc) is 3.62. The first-order valence-corrected chi connectivity index (χ1v) is 20.3. The summed E-state index contributed by atoms with van der Waals surface area (Å²) in [6.45, 7) is 1.78. The van der Waals surface area contributed by atoms with E-state index in [0.29, 0.717) is 27.7 Å². The third kappa shape index (κ3) is 6.65. The summed E-state index contributed by atoms with van der Waals surface area (Å²) in [6, 6.07) is 12.9. The number of allylic oxidation sites excluding steroid dienone is 2. The van der Waals surface area contributed by atoms with Gasteiger partial charge in [-0.25, -0.2) is 9.88 Å². The van der Waals surface area contributed by atoms with Gasteiger partial charge in [0.1, 0.15) is 0 Å². The van der Waals surface area contributed by atoms with Gasteiger partial charge in [0.2, 0.25) is 11.8 Å². The highest BCUT2D eigenvalue weighted by atomic mass is 35.5. The van der Waals surface area contributed by atoms with Crippen LogP contribution >= 0.6 is 23.2 Å². The number of hydrogen-bond donors (Lipinski definition) is 2. The first-order valence-electron chi connectivity index (χ1n) is 19.5. The van der Waals surface area contributed by atoms with Crippen LogP contribution in [0, 0.1) is 43.9 Å². The van der Waals surface area contributed by atoms with Crippen LogP contribution < -0.4 is 20.0 Å². The summed E-state index contributed by atoms with van der Waals surface area (Å²) in [7, 11) is 2.71. The molecular formula is C42H34Cl2F3N7O10. The van der Waals surface area contributed by atoms with Crippen molar-refractivity contribution in [1.29, 1.82) is 0 Å². The molecule has 1 saturated carbocycles. The van der Waals surface area contributed by atoms with Gasteiger partial charge in [0.15, 0.2) is 23.0 Å². The van der Waals surface area contributed by atoms with E-state index in [1.807, 2.05) is 0 Å². The maximum atomic E-state index is 15.5. The van der Waals surface area contributed by atoms with Crippen LogP contribution in [0.5, 0.6) is 11.5 Å². The van der Waals surface area contributed by atoms with Gasteiger partial charge >= 0.3 is 17.6 Å². The molecule has 2 aliphatic heterocycles. The number of carbonyl (C=O) groups excluding carboxylic acids is 4. The Morgan fingerprint density at radius 1 is 0.969 bits per heavy atom. The second-order valence-electron chi connectivity index (χ2n) is 15.8. The quantitative estimate of drug-likeness (QED) is 0.0679. The Hall–Kier alpha value is -6.80. The fourth-order valence-electron chi connectivity index (χ4n) is 9.88. The van der Waals surface area contributed by atoms with Gasteiger partial charge < -0.3 is 14.7 Å². The number of nitrogens with one attached hydrogen (secondary N) is 1. The minimum absolute atomic E-state index is 0.00867. The number of ether oxygens (including phenoxy) is 1. The molecule has 3 aromatic carbocycles. The van der Waals surface area contributed by atoms with E-state index in [4.69, 9.17) is 27.9 Å². The van der Waals surface area contributed by atoms with Crippen molar-refractivity contribution in [3.05, 3.63) is 125 Å². The van der Waals surface area contributed by atoms with Gasteiger partial charge in [-0.3, -0.25) is 44.8 Å². The summed E-state index contributed by atoms with van der Waals surface area (Å²) < 4.78 is 46.5. The third-order valence-corrected chi connectivity index (χ3v) is 12.9. The Labute approximate surface area is 370 Å². The molecule has 0 bridgehead atoms. The molecule has 22 heteroatoms. The summed E-state index contributed by atoms with van der Waals surface area (Å²) in [5.41, 5.74) is -2.32. The van der Waals surface area contributed by atoms with Crippen LogP contribution in [0.2, 0.25) is 10.0 Å². The van der Waals surface area contributed by atoms with Gasteiger partial charge in [0.05, 0.1) is 55.9 Å². The van der Waals surface area contributed by atoms with E-state index in [0.717, 1.165) is 17.0 Å². The van der Waals surface area contributed by atoms with Crippen LogP contribution in [0.1, 0.15) is 42.4 Å². The lowest BCUT2D eigenvalue weighted by molar-refractivity contribution is -0.392. The number of rotatable bonds is 10. The topological polar surface area (TPSA) is 219 Å². The van der Waals surface area contributed by atoms with E-state index in [1.54, 1.807) is 19.1 Å². The molecule has 2 aliphatic carbocycles. The molecule has 17 nitrogen and oxygen atoms in total. The lowest BCUT2D eigenvalue weighted by Crippen LogP contribution is -2.53. The Morgan fingerprint density at radius 2 is 1.62 bits per heavy atom. The van der Waals surface area contributed by atoms with Crippen LogP contribution in [-0.4, -0.2) is 69.3 Å². The lowest BCUT2D eigenvalue weighted by Gasteiger charge is -2.50. The summed E-state index contributed by atoms with van der Waals surface area (Å²) in [5, 5.41) is 36.8. The minimum atomic E-state index is -4.83. The maximum absolute atomic E-state index is 15.5. The molecule has 0 spiro atoms. The molecule has 4 aromatic rings. The molecule has 332 valence electrons. The SMILES string of the molecule is CCOc1cccc([C@H]2C3=CC[C@@H]4C(=O)N(c5cc([N+](=O)[O-])c(N(C)C)c([N+](=O)[O-])c5)C(=O)[C@@H]4[C@@H]3C[C@H]3C(=O)N(Nc4ncc(C(F)(F)F)cc4Cl)C(=O)[C@@]23c2ccc(Cl)cc2)c1O. The number of nitro groups is 2. The number of pyridine rings is 1. The molecule has 4 aliphatic rings. The molecule has 8 rings (SSSR count). The Morgan fingerprint density at radius 3 is 2.20 bits per heavy atom. The smallest absolute Gasteiger partial charge is 0.417 e. The molecule has 0 unspecified atom stereocenters. The number of alkyl halides is 3.